The molecular formula is C18H23N7O. The summed E-state index contributed by atoms with van der Waals surface area (Å²) in [5, 5.41) is 3.78. The predicted octanol–water partition coefficient (Wildman–Crippen LogP) is 1.39. The van der Waals surface area contributed by atoms with Crippen molar-refractivity contribution >= 4 is 22.9 Å². The molecule has 0 aromatic carbocycles. The average molecular weight is 353 g/mol. The number of hydrogen-bond acceptors (Lipinski definition) is 6. The lowest BCUT2D eigenvalue weighted by Crippen LogP contribution is -2.45. The Balaban J connectivity index is 1.75. The van der Waals surface area contributed by atoms with E-state index in [1.807, 2.05) is 38.2 Å². The van der Waals surface area contributed by atoms with Gasteiger partial charge in [0.25, 0.3) is 0 Å². The van der Waals surface area contributed by atoms with Crippen molar-refractivity contribution in [2.75, 3.05) is 12.3 Å². The Labute approximate surface area is 151 Å². The van der Waals surface area contributed by atoms with Crippen molar-refractivity contribution in [3.63, 3.8) is 0 Å². The molecule has 0 aliphatic heterocycles. The number of hydrogen-bond donors (Lipinski definition) is 4. The van der Waals surface area contributed by atoms with Gasteiger partial charge in [0.1, 0.15) is 5.65 Å². The van der Waals surface area contributed by atoms with Crippen molar-refractivity contribution in [2.24, 2.45) is 5.73 Å². The van der Waals surface area contributed by atoms with Gasteiger partial charge < -0.3 is 21.8 Å². The van der Waals surface area contributed by atoms with Crippen LogP contribution < -0.4 is 16.8 Å². The molecule has 3 aromatic heterocycles. The van der Waals surface area contributed by atoms with Crippen molar-refractivity contribution in [1.82, 2.24) is 25.3 Å². The Hall–Kier alpha value is -3.00. The molecule has 0 atom stereocenters. The van der Waals surface area contributed by atoms with Crippen LogP contribution in [-0.4, -0.2) is 37.9 Å². The molecule has 0 aliphatic rings. The van der Waals surface area contributed by atoms with Crippen LogP contribution in [0.15, 0.2) is 30.6 Å². The quantitative estimate of drug-likeness (QED) is 0.529. The van der Waals surface area contributed by atoms with E-state index in [1.165, 1.54) is 0 Å². The molecule has 6 N–H and O–H groups in total. The van der Waals surface area contributed by atoms with Crippen LogP contribution in [0.4, 0.5) is 5.95 Å². The summed E-state index contributed by atoms with van der Waals surface area (Å²) >= 11 is 0. The molecule has 0 saturated heterocycles. The van der Waals surface area contributed by atoms with Crippen LogP contribution in [-0.2, 0) is 11.2 Å². The minimum absolute atomic E-state index is 0.0708. The summed E-state index contributed by atoms with van der Waals surface area (Å²) in [7, 11) is 0. The Morgan fingerprint density at radius 1 is 1.35 bits per heavy atom. The van der Waals surface area contributed by atoms with Gasteiger partial charge in [0.15, 0.2) is 0 Å². The van der Waals surface area contributed by atoms with Gasteiger partial charge in [-0.25, -0.2) is 15.0 Å². The first-order valence-corrected chi connectivity index (χ1v) is 8.43. The molecule has 3 rings (SSSR count). The molecule has 3 heterocycles. The lowest BCUT2D eigenvalue weighted by Gasteiger charge is -2.18. The number of nitrogen functional groups attached to an aromatic ring is 1. The van der Waals surface area contributed by atoms with Gasteiger partial charge in [-0.15, -0.1) is 0 Å². The highest BCUT2D eigenvalue weighted by molar-refractivity contribution is 5.92. The van der Waals surface area contributed by atoms with Crippen molar-refractivity contribution in [3.8, 4) is 11.3 Å². The van der Waals surface area contributed by atoms with Crippen LogP contribution >= 0.6 is 0 Å². The fourth-order valence-electron chi connectivity index (χ4n) is 2.61. The second kappa shape index (κ2) is 7.09. The largest absolute Gasteiger partial charge is 0.368 e. The van der Waals surface area contributed by atoms with Crippen molar-refractivity contribution in [1.29, 1.82) is 0 Å². The number of anilines is 1. The third-order valence-electron chi connectivity index (χ3n) is 3.87. The predicted molar refractivity (Wildman–Crippen MR) is 101 cm³/mol. The zero-order chi connectivity index (χ0) is 18.7. The number of aromatic nitrogens is 4. The molecule has 8 heteroatoms. The summed E-state index contributed by atoms with van der Waals surface area (Å²) < 4.78 is 0. The number of rotatable bonds is 6. The van der Waals surface area contributed by atoms with E-state index in [1.54, 1.807) is 6.20 Å². The van der Waals surface area contributed by atoms with Crippen LogP contribution in [0.2, 0.25) is 0 Å². The highest BCUT2D eigenvalue weighted by Gasteiger charge is 2.14. The molecule has 0 bridgehead atoms. The molecule has 0 aliphatic carbocycles. The highest BCUT2D eigenvalue weighted by atomic mass is 16.1. The fourth-order valence-corrected chi connectivity index (χ4v) is 2.61. The van der Waals surface area contributed by atoms with E-state index in [0.717, 1.165) is 16.6 Å². The molecule has 26 heavy (non-hydrogen) atoms. The Morgan fingerprint density at radius 3 is 2.92 bits per heavy atom. The average Bonchev–Trinajstić information content (AvgIpc) is 3.01. The van der Waals surface area contributed by atoms with Crippen LogP contribution in [0.3, 0.4) is 0 Å². The maximum atomic E-state index is 12.0. The summed E-state index contributed by atoms with van der Waals surface area (Å²) in [4.78, 5) is 27.9. The summed E-state index contributed by atoms with van der Waals surface area (Å²) in [5.74, 6) is 0.109. The van der Waals surface area contributed by atoms with E-state index < -0.39 is 5.54 Å². The number of aryl methyl sites for hydroxylation is 1. The second-order valence-electron chi connectivity index (χ2n) is 6.97. The number of fused-ring (bicyclic) bond motifs is 1. The molecule has 0 unspecified atom stereocenters. The van der Waals surface area contributed by atoms with E-state index in [0.29, 0.717) is 30.8 Å². The first-order valence-electron chi connectivity index (χ1n) is 8.43. The Bertz CT molecular complexity index is 927. The number of pyridine rings is 1. The summed E-state index contributed by atoms with van der Waals surface area (Å²) in [6.45, 7) is 4.15. The third kappa shape index (κ3) is 4.34. The summed E-state index contributed by atoms with van der Waals surface area (Å²) in [6.07, 6.45) is 4.35. The van der Waals surface area contributed by atoms with Crippen molar-refractivity contribution < 1.29 is 4.79 Å². The molecule has 0 saturated carbocycles. The van der Waals surface area contributed by atoms with Crippen LogP contribution in [0, 0.1) is 0 Å². The van der Waals surface area contributed by atoms with Crippen molar-refractivity contribution in [3.05, 3.63) is 36.3 Å². The first-order chi connectivity index (χ1) is 12.3. The molecule has 136 valence electrons. The number of H-pyrrole nitrogens is 1. The van der Waals surface area contributed by atoms with E-state index in [2.05, 4.69) is 25.3 Å². The molecule has 0 spiro atoms. The maximum Gasteiger partial charge on any atom is 0.220 e. The summed E-state index contributed by atoms with van der Waals surface area (Å²) in [6, 6.07) is 5.69. The molecule has 1 amide bonds. The number of carbonyl (C=O) groups excluding carboxylic acids is 1. The number of nitrogens with two attached hydrogens (primary N) is 2. The lowest BCUT2D eigenvalue weighted by atomic mass is 10.1. The molecule has 3 aromatic rings. The first kappa shape index (κ1) is 17.8. The van der Waals surface area contributed by atoms with E-state index in [-0.39, 0.29) is 11.9 Å². The molecule has 8 nitrogen and oxygen atoms in total. The minimum Gasteiger partial charge on any atom is -0.368 e. The summed E-state index contributed by atoms with van der Waals surface area (Å²) in [5.41, 5.74) is 14.4. The lowest BCUT2D eigenvalue weighted by molar-refractivity contribution is -0.121. The van der Waals surface area contributed by atoms with E-state index >= 15 is 0 Å². The second-order valence-corrected chi connectivity index (χ2v) is 6.97. The normalized spacial score (nSPS) is 11.7. The number of nitrogens with one attached hydrogen (secondary N) is 2. The van der Waals surface area contributed by atoms with Gasteiger partial charge >= 0.3 is 0 Å². The van der Waals surface area contributed by atoms with Crippen LogP contribution in [0.5, 0.6) is 0 Å². The highest BCUT2D eigenvalue weighted by Crippen LogP contribution is 2.26. The maximum absolute atomic E-state index is 12.0. The van der Waals surface area contributed by atoms with Gasteiger partial charge in [0, 0.05) is 47.5 Å². The zero-order valence-electron chi connectivity index (χ0n) is 14.9. The fraction of sp³-hybridized carbons (Fsp3) is 0.333. The monoisotopic (exact) mass is 353 g/mol. The molecule has 0 radical (unpaired) electrons. The van der Waals surface area contributed by atoms with Gasteiger partial charge in [0.05, 0.1) is 5.69 Å². The Kier molecular flexibility index (Phi) is 4.85. The van der Waals surface area contributed by atoms with Gasteiger partial charge in [0.2, 0.25) is 11.9 Å². The van der Waals surface area contributed by atoms with Gasteiger partial charge in [-0.05, 0) is 38.5 Å². The molecular weight excluding hydrogens is 330 g/mol. The number of carbonyl (C=O) groups is 1. The SMILES string of the molecule is CC(C)(N)CNC(=O)CCc1cc(-c2c[nH]c3ncccc23)nc(N)n1. The van der Waals surface area contributed by atoms with Crippen LogP contribution in [0.25, 0.3) is 22.3 Å². The van der Waals surface area contributed by atoms with Gasteiger partial charge in [-0.2, -0.15) is 0 Å². The number of amides is 1. The Morgan fingerprint density at radius 2 is 2.15 bits per heavy atom. The minimum atomic E-state index is -0.439. The zero-order valence-corrected chi connectivity index (χ0v) is 14.9. The molecule has 0 fully saturated rings. The van der Waals surface area contributed by atoms with Crippen molar-refractivity contribution in [2.45, 2.75) is 32.2 Å². The smallest absolute Gasteiger partial charge is 0.220 e. The standard InChI is InChI=1S/C18H23N7O/c1-18(2,20)10-23-15(26)6-5-11-8-14(25-17(19)24-11)13-9-22-16-12(13)4-3-7-21-16/h3-4,7-9H,5-6,10,20H2,1-2H3,(H,21,22)(H,23,26)(H2,19,24,25). The van der Waals surface area contributed by atoms with Gasteiger partial charge in [-0.1, -0.05) is 0 Å². The van der Waals surface area contributed by atoms with E-state index in [9.17, 15) is 4.79 Å². The van der Waals surface area contributed by atoms with E-state index in [4.69, 9.17) is 11.5 Å². The topological polar surface area (TPSA) is 136 Å². The number of aromatic amines is 1. The third-order valence-corrected chi connectivity index (χ3v) is 3.87. The number of nitrogens with zero attached hydrogens (tertiary/aromatic N) is 3. The van der Waals surface area contributed by atoms with Crippen LogP contribution in [0.1, 0.15) is 26.0 Å². The van der Waals surface area contributed by atoms with Gasteiger partial charge in [-0.3, -0.25) is 4.79 Å².